The van der Waals surface area contributed by atoms with Gasteiger partial charge in [0.05, 0.1) is 6.61 Å². The van der Waals surface area contributed by atoms with Crippen LogP contribution in [-0.4, -0.2) is 78.3 Å². The second kappa shape index (κ2) is 34.9. The predicted molar refractivity (Wildman–Crippen MR) is 253 cm³/mol. The third kappa shape index (κ3) is 26.7. The first kappa shape index (κ1) is 66.9. The van der Waals surface area contributed by atoms with Crippen LogP contribution in [0.4, 0.5) is 17.5 Å². The Morgan fingerprint density at radius 1 is 0.937 bits per heavy atom. The number of anilines is 3. The number of carbonyl (C=O) groups excluding carboxylic acids is 4. The molecule has 0 aromatic carbocycles. The molecular weight excluding hydrogens is 1200 g/mol. The molecule has 0 unspecified atom stereocenters. The van der Waals surface area contributed by atoms with Gasteiger partial charge in [0, 0.05) is 11.9 Å². The number of rotatable bonds is 10. The number of nitrogens with zero attached hydrogens (tertiary/aromatic N) is 4. The number of pyridine rings is 3. The number of nitrogens with one attached hydrogen (secondary N) is 1. The van der Waals surface area contributed by atoms with Crippen LogP contribution < -0.4 is 133 Å². The van der Waals surface area contributed by atoms with E-state index in [1.807, 2.05) is 24.3 Å². The minimum atomic E-state index is -0.851. The Morgan fingerprint density at radius 2 is 1.43 bits per heavy atom. The maximum Gasteiger partial charge on any atom is 1.00 e. The molecule has 2 amide bonds. The van der Waals surface area contributed by atoms with Gasteiger partial charge in [-0.3, -0.25) is 24.1 Å². The molecule has 3 aromatic heterocycles. The standard InChI is InChI=1S/C14H17BrN2O2.C9H9BrN2O2.C6H11BrO2.C5H5BrN2O.C5H9Br.CH2O3.2K.H/c1-4-5-6-9-17-12-10(7-8-11(15)16-12)19-14(2,3)13(17)18;1-9(2)8(13)12-7-5(14-9)3-4-6(10)11-7;1-4-9-5(8)6(2,3)7;6-4-2-1-3(9)5(7)8-4;1-2-3-4-5-6;2-1-4-3;;;/h4,7-8H,1,5-6,9H2,2-3H3;3-4H,1-2H3,(H,11,12,13);4H2,1-3H3;1-2,9H,(H2,7,8);2H,1,3-5H2;1,3H;;;/q;;;;;;2*+1;-1/p-1. The van der Waals surface area contributed by atoms with Crippen LogP contribution in [0.5, 0.6) is 17.2 Å². The van der Waals surface area contributed by atoms with Gasteiger partial charge in [-0.05, 0) is 158 Å². The van der Waals surface area contributed by atoms with Crippen molar-refractivity contribution in [1.29, 1.82) is 0 Å². The van der Waals surface area contributed by atoms with Crippen molar-refractivity contribution in [3.05, 3.63) is 75.5 Å². The molecule has 16 nitrogen and oxygen atoms in total. The molecule has 2 aliphatic rings. The summed E-state index contributed by atoms with van der Waals surface area (Å²) in [4.78, 5) is 59.8. The number of nitrogens with two attached hydrogens (primary N) is 1. The second-order valence-corrected chi connectivity index (χ2v) is 18.8. The minimum Gasteiger partial charge on any atom is -1.00 e. The third-order valence-corrected chi connectivity index (χ3v) is 9.36. The molecule has 4 N–H and O–H groups in total. The Hall–Kier alpha value is -0.357. The Labute approximate surface area is 498 Å². The quantitative estimate of drug-likeness (QED) is 0.0306. The zero-order valence-electron chi connectivity index (χ0n) is 37.9. The maximum atomic E-state index is 12.4. The van der Waals surface area contributed by atoms with Gasteiger partial charge in [-0.25, -0.2) is 15.0 Å². The summed E-state index contributed by atoms with van der Waals surface area (Å²) in [5.41, 5.74) is 3.55. The SMILES string of the molecule is C=CCCCBr.C=CCCCN1C(=O)C(C)(C)Oc2ccc(Br)nc21.CC1(C)Oc2ccc(Br)nc2NC1=O.CCOC(=O)C(C)(C)Br.Nc1nc(Br)ccc1O.O=CO[O-].[H-].[K+].[K+]. The van der Waals surface area contributed by atoms with Crippen LogP contribution in [0, 0.1) is 0 Å². The van der Waals surface area contributed by atoms with Crippen LogP contribution in [0.2, 0.25) is 0 Å². The molecule has 2 aliphatic heterocycles. The summed E-state index contributed by atoms with van der Waals surface area (Å²) < 4.78 is 17.4. The minimum absolute atomic E-state index is 0. The van der Waals surface area contributed by atoms with Gasteiger partial charge in [0.15, 0.2) is 45.9 Å². The molecule has 0 bridgehead atoms. The topological polar surface area (TPSA) is 228 Å². The maximum absolute atomic E-state index is 12.4. The van der Waals surface area contributed by atoms with Crippen LogP contribution in [0.3, 0.4) is 0 Å². The van der Waals surface area contributed by atoms with Crippen LogP contribution in [0.15, 0.2) is 75.5 Å². The average Bonchev–Trinajstić information content (AvgIpc) is 3.19. The average molecular weight is 1260 g/mol. The van der Waals surface area contributed by atoms with E-state index < -0.39 is 15.5 Å². The van der Waals surface area contributed by atoms with Gasteiger partial charge >= 0.3 is 109 Å². The molecule has 63 heavy (non-hydrogen) atoms. The summed E-state index contributed by atoms with van der Waals surface area (Å²) in [5, 5.41) is 21.0. The van der Waals surface area contributed by atoms with Crippen molar-refractivity contribution in [1.82, 2.24) is 15.0 Å². The number of hydrogen-bond donors (Lipinski definition) is 3. The molecule has 340 valence electrons. The molecule has 0 saturated heterocycles. The third-order valence-electron chi connectivity index (χ3n) is 7.15. The monoisotopic (exact) mass is 1250 g/mol. The molecule has 3 aromatic rings. The number of amides is 2. The number of ether oxygens (including phenoxy) is 3. The summed E-state index contributed by atoms with van der Waals surface area (Å²) in [6, 6.07) is 10.3. The van der Waals surface area contributed by atoms with Crippen LogP contribution in [0.1, 0.15) is 75.6 Å². The molecule has 0 radical (unpaired) electrons. The van der Waals surface area contributed by atoms with E-state index in [9.17, 15) is 14.4 Å². The van der Waals surface area contributed by atoms with Crippen molar-refractivity contribution in [2.75, 3.05) is 34.4 Å². The Kier molecular flexibility index (Phi) is 37.0. The van der Waals surface area contributed by atoms with E-state index in [2.05, 4.69) is 118 Å². The first-order chi connectivity index (χ1) is 28.4. The van der Waals surface area contributed by atoms with Gasteiger partial charge in [0.2, 0.25) is 0 Å². The molecular formula is C40H53Br5K2N6O10. The number of aromatic nitrogens is 3. The molecule has 5 rings (SSSR count). The summed E-state index contributed by atoms with van der Waals surface area (Å²) in [6.45, 7) is 20.4. The number of halogens is 5. The Bertz CT molecular complexity index is 1920. The van der Waals surface area contributed by atoms with E-state index in [1.165, 1.54) is 12.5 Å². The first-order valence-corrected chi connectivity index (χ1v) is 22.6. The zero-order chi connectivity index (χ0) is 47.0. The van der Waals surface area contributed by atoms with Gasteiger partial charge < -0.3 is 41.9 Å². The van der Waals surface area contributed by atoms with E-state index in [0.29, 0.717) is 50.1 Å². The number of nitrogen functional groups attached to an aromatic ring is 1. The number of carbonyl (C=O) groups is 4. The van der Waals surface area contributed by atoms with E-state index in [4.69, 9.17) is 35.1 Å². The van der Waals surface area contributed by atoms with Crippen molar-refractivity contribution in [3.63, 3.8) is 0 Å². The van der Waals surface area contributed by atoms with Gasteiger partial charge in [-0.15, -0.1) is 13.2 Å². The fourth-order valence-corrected chi connectivity index (χ4v) is 5.54. The van der Waals surface area contributed by atoms with E-state index in [1.54, 1.807) is 71.6 Å². The number of fused-ring (bicyclic) bond motifs is 2. The van der Waals surface area contributed by atoms with Crippen molar-refractivity contribution in [2.24, 2.45) is 0 Å². The van der Waals surface area contributed by atoms with Gasteiger partial charge in [0.25, 0.3) is 18.3 Å². The number of hydrogen-bond acceptors (Lipinski definition) is 14. The zero-order valence-corrected chi connectivity index (χ0v) is 51.1. The summed E-state index contributed by atoms with van der Waals surface area (Å²) in [5.74, 6) is 1.98. The summed E-state index contributed by atoms with van der Waals surface area (Å²) in [6.07, 6.45) is 7.86. The smallest absolute Gasteiger partial charge is 1.00 e. The van der Waals surface area contributed by atoms with E-state index >= 15 is 0 Å². The molecule has 0 saturated carbocycles. The summed E-state index contributed by atoms with van der Waals surface area (Å²) >= 11 is 16.1. The first-order valence-electron chi connectivity index (χ1n) is 18.3. The molecule has 5 heterocycles. The van der Waals surface area contributed by atoms with Crippen molar-refractivity contribution in [2.45, 2.75) is 89.7 Å². The number of esters is 1. The van der Waals surface area contributed by atoms with Crippen LogP contribution in [0.25, 0.3) is 0 Å². The number of allylic oxidation sites excluding steroid dienone is 2. The Balaban J connectivity index is -0.000000357. The van der Waals surface area contributed by atoms with Gasteiger partial charge in [-0.1, -0.05) is 44.0 Å². The predicted octanol–water partition coefficient (Wildman–Crippen LogP) is 3.03. The number of alkyl halides is 2. The number of aromatic hydroxyl groups is 1. The second-order valence-electron chi connectivity index (χ2n) is 13.5. The fraction of sp³-hybridized carbons (Fsp3) is 0.425. The molecule has 0 aliphatic carbocycles. The van der Waals surface area contributed by atoms with Gasteiger partial charge in [-0.2, -0.15) is 0 Å². The van der Waals surface area contributed by atoms with Crippen molar-refractivity contribution >= 4 is 121 Å². The Morgan fingerprint density at radius 3 is 1.87 bits per heavy atom. The van der Waals surface area contributed by atoms with Gasteiger partial charge in [0.1, 0.15) is 18.1 Å². The van der Waals surface area contributed by atoms with Crippen LogP contribution >= 0.6 is 79.6 Å². The largest absolute Gasteiger partial charge is 1.00 e. The molecule has 0 fully saturated rings. The number of unbranched alkanes of at least 4 members (excludes halogenated alkanes) is 2. The van der Waals surface area contributed by atoms with Crippen LogP contribution in [-0.2, 0) is 28.8 Å². The molecule has 23 heteroatoms. The normalized spacial score (nSPS) is 13.1. The van der Waals surface area contributed by atoms with E-state index in [-0.39, 0.29) is 140 Å². The summed E-state index contributed by atoms with van der Waals surface area (Å²) in [7, 11) is 0. The molecule has 0 spiro atoms. The fourth-order valence-electron chi connectivity index (χ4n) is 4.17. The van der Waals surface area contributed by atoms with Crippen molar-refractivity contribution in [3.8, 4) is 17.2 Å². The van der Waals surface area contributed by atoms with E-state index in [0.717, 1.165) is 24.6 Å². The van der Waals surface area contributed by atoms with Crippen molar-refractivity contribution < 1.29 is 153 Å². The molecule has 0 atom stereocenters.